The van der Waals surface area contributed by atoms with Crippen LogP contribution in [0.15, 0.2) is 60.7 Å². The highest BCUT2D eigenvalue weighted by molar-refractivity contribution is 5.95. The highest BCUT2D eigenvalue weighted by Gasteiger charge is 2.46. The zero-order valence-corrected chi connectivity index (χ0v) is 45.1. The lowest BCUT2D eigenvalue weighted by molar-refractivity contribution is -0.143. The molecule has 6 aliphatic rings. The van der Waals surface area contributed by atoms with Crippen molar-refractivity contribution in [3.05, 3.63) is 82.9 Å². The van der Waals surface area contributed by atoms with Crippen molar-refractivity contribution in [2.45, 2.75) is 190 Å². The van der Waals surface area contributed by atoms with Gasteiger partial charge in [0.05, 0.1) is 36.4 Å². The molecule has 2 saturated carbocycles. The first-order valence-electron chi connectivity index (χ1n) is 28.6. The number of aliphatic hydroxyl groups is 2. The van der Waals surface area contributed by atoms with Gasteiger partial charge in [-0.15, -0.1) is 0 Å². The van der Waals surface area contributed by atoms with E-state index in [0.29, 0.717) is 0 Å². The van der Waals surface area contributed by atoms with Crippen LogP contribution in [-0.4, -0.2) is 131 Å². The van der Waals surface area contributed by atoms with E-state index in [1.54, 1.807) is 27.9 Å². The predicted octanol–water partition coefficient (Wildman–Crippen LogP) is 5.28. The molecule has 410 valence electrons. The summed E-state index contributed by atoms with van der Waals surface area (Å²) in [6, 6.07) is 16.3. The number of hydrogen-bond donors (Lipinski definition) is 8. The number of benzene rings is 3. The highest BCUT2D eigenvalue weighted by atomic mass is 16.3. The fourth-order valence-electron chi connectivity index (χ4n) is 13.4. The first-order chi connectivity index (χ1) is 36.7. The molecule has 3 aromatic carbocycles. The molecule has 2 aliphatic heterocycles. The van der Waals surface area contributed by atoms with Gasteiger partial charge in [-0.05, 0) is 148 Å². The monoisotopic (exact) mass is 1040 g/mol. The van der Waals surface area contributed by atoms with Crippen LogP contribution in [-0.2, 0) is 41.6 Å². The molecular formula is C60H82N8O8. The van der Waals surface area contributed by atoms with E-state index >= 15 is 0 Å². The van der Waals surface area contributed by atoms with Crippen molar-refractivity contribution in [3.63, 3.8) is 0 Å². The van der Waals surface area contributed by atoms with Gasteiger partial charge in [0.25, 0.3) is 0 Å². The third kappa shape index (κ3) is 12.0. The molecule has 0 bridgehead atoms. The lowest BCUT2D eigenvalue weighted by atomic mass is 9.81. The zero-order valence-electron chi connectivity index (χ0n) is 45.1. The molecule has 0 spiro atoms. The van der Waals surface area contributed by atoms with Gasteiger partial charge in [-0.2, -0.15) is 0 Å². The molecule has 3 aromatic rings. The van der Waals surface area contributed by atoms with Crippen LogP contribution >= 0.6 is 0 Å². The minimum absolute atomic E-state index is 0.0367. The molecule has 0 radical (unpaired) electrons. The van der Waals surface area contributed by atoms with Gasteiger partial charge in [0.2, 0.25) is 35.4 Å². The van der Waals surface area contributed by atoms with Gasteiger partial charge in [0.1, 0.15) is 24.2 Å². The fourth-order valence-corrected chi connectivity index (χ4v) is 13.4. The average Bonchev–Trinajstić information content (AvgIpc) is 4.05. The van der Waals surface area contributed by atoms with Crippen LogP contribution in [0.25, 0.3) is 22.3 Å². The maximum Gasteiger partial charge on any atom is 0.246 e. The van der Waals surface area contributed by atoms with Crippen LogP contribution in [0.3, 0.4) is 0 Å². The molecule has 76 heavy (non-hydrogen) atoms. The van der Waals surface area contributed by atoms with E-state index in [9.17, 15) is 39.0 Å². The molecule has 16 nitrogen and oxygen atoms in total. The average molecular weight is 1040 g/mol. The number of hydrogen-bond acceptors (Lipinski definition) is 10. The number of aliphatic hydroxyl groups excluding tert-OH is 2. The predicted molar refractivity (Wildman–Crippen MR) is 291 cm³/mol. The van der Waals surface area contributed by atoms with E-state index in [1.165, 1.54) is 20.9 Å². The molecule has 4 aliphatic carbocycles. The van der Waals surface area contributed by atoms with Crippen molar-refractivity contribution in [2.24, 2.45) is 11.8 Å². The number of amides is 6. The smallest absolute Gasteiger partial charge is 0.246 e. The second-order valence-corrected chi connectivity index (χ2v) is 22.8. The number of nitrogens with one attached hydrogen (secondary N) is 6. The van der Waals surface area contributed by atoms with Crippen molar-refractivity contribution < 1.29 is 39.0 Å². The van der Waals surface area contributed by atoms with E-state index in [-0.39, 0.29) is 85.3 Å². The highest BCUT2D eigenvalue weighted by Crippen LogP contribution is 2.41. The summed E-state index contributed by atoms with van der Waals surface area (Å²) in [6.07, 6.45) is 12.8. The van der Waals surface area contributed by atoms with Gasteiger partial charge < -0.3 is 51.9 Å². The Morgan fingerprint density at radius 3 is 1.26 bits per heavy atom. The lowest BCUT2D eigenvalue weighted by Gasteiger charge is -2.35. The third-order valence-electron chi connectivity index (χ3n) is 17.9. The molecule has 9 rings (SSSR count). The summed E-state index contributed by atoms with van der Waals surface area (Å²) in [6.45, 7) is 3.59. The zero-order chi connectivity index (χ0) is 53.6. The maximum atomic E-state index is 14.4. The van der Waals surface area contributed by atoms with Gasteiger partial charge in [0, 0.05) is 25.9 Å². The Balaban J connectivity index is 0.884. The van der Waals surface area contributed by atoms with Crippen LogP contribution in [0.1, 0.15) is 151 Å². The van der Waals surface area contributed by atoms with Gasteiger partial charge >= 0.3 is 0 Å². The van der Waals surface area contributed by atoms with Crippen LogP contribution < -0.4 is 31.9 Å². The van der Waals surface area contributed by atoms with Crippen molar-refractivity contribution in [1.82, 2.24) is 41.7 Å². The SMILES string of the molecule is CNC(C)C(=O)NC(C(=O)N1C[C@@H](O)C[C@H]1C(=O)N[C@@H]1CCCc2c(-c3ccc(-c4cccc5c4CCC[C@H]5NC(=O)[C@@H]4C[C@H](O)CN4C(=O)C(NC(=O)C(C)NC)C4CCCCC4)cc3)cccc21)C1CCCCC1. The minimum atomic E-state index is -0.857. The number of carbonyl (C=O) groups excluding carboxylic acids is 6. The normalized spacial score (nSPS) is 25.6. The largest absolute Gasteiger partial charge is 0.391 e. The maximum absolute atomic E-state index is 14.4. The molecule has 16 heteroatoms. The number of rotatable bonds is 16. The van der Waals surface area contributed by atoms with E-state index in [4.69, 9.17) is 0 Å². The van der Waals surface area contributed by atoms with Crippen LogP contribution in [0.2, 0.25) is 0 Å². The van der Waals surface area contributed by atoms with Gasteiger partial charge in [-0.3, -0.25) is 28.8 Å². The Labute approximate surface area is 448 Å². The molecule has 2 saturated heterocycles. The van der Waals surface area contributed by atoms with E-state index in [0.717, 1.165) is 136 Å². The summed E-state index contributed by atoms with van der Waals surface area (Å²) in [5.74, 6) is -1.79. The summed E-state index contributed by atoms with van der Waals surface area (Å²) < 4.78 is 0. The number of β-amino-alcohol motifs (C(OH)–C–C–N with tert-alkyl or cyclic N) is 2. The summed E-state index contributed by atoms with van der Waals surface area (Å²) in [7, 11) is 3.41. The topological polar surface area (TPSA) is 222 Å². The molecule has 4 unspecified atom stereocenters. The van der Waals surface area contributed by atoms with E-state index in [2.05, 4.69) is 80.4 Å². The van der Waals surface area contributed by atoms with Crippen LogP contribution in [0, 0.1) is 11.8 Å². The summed E-state index contributed by atoms with van der Waals surface area (Å²) in [5.41, 5.74) is 8.75. The van der Waals surface area contributed by atoms with E-state index < -0.39 is 48.5 Å². The third-order valence-corrected chi connectivity index (χ3v) is 17.9. The van der Waals surface area contributed by atoms with Crippen molar-refractivity contribution in [3.8, 4) is 22.3 Å². The summed E-state index contributed by atoms with van der Waals surface area (Å²) in [4.78, 5) is 86.8. The molecule has 6 amide bonds. The standard InChI is InChI=1S/C60H82N8O8/c1-35(61-3)55(71)65-53(39-15-7-5-8-16-39)59(75)67-33-41(69)31-51(67)57(73)63-49-25-13-21-45-43(19-11-23-47(45)49)37-27-29-38(30-28-37)44-20-12-24-48-46(44)22-14-26-50(48)64-58(74)52-32-42(70)34-68(52)60(76)54(40-17-9-6-10-18-40)66-56(72)36(2)62-4/h11-12,19-20,23-24,27-30,35-36,39-42,49-54,61-62,69-70H,5-10,13-18,21-22,25-26,31-34H2,1-4H3,(H,63,73)(H,64,74)(H,65,71)(H,66,72)/t35?,36?,41-,42-,49+,50+,51-,52-,53?,54?/m0/s1. The fraction of sp³-hybridized carbons (Fsp3) is 0.600. The second-order valence-electron chi connectivity index (χ2n) is 22.8. The van der Waals surface area contributed by atoms with Gasteiger partial charge in [-0.25, -0.2) is 0 Å². The van der Waals surface area contributed by atoms with Crippen molar-refractivity contribution >= 4 is 35.4 Å². The molecule has 0 aromatic heterocycles. The first-order valence-corrected chi connectivity index (χ1v) is 28.6. The number of likely N-dealkylation sites (tertiary alicyclic amines) is 2. The summed E-state index contributed by atoms with van der Waals surface area (Å²) in [5, 5.41) is 40.4. The Morgan fingerprint density at radius 2 is 0.895 bits per heavy atom. The van der Waals surface area contributed by atoms with Crippen molar-refractivity contribution in [1.29, 1.82) is 0 Å². The molecular weight excluding hydrogens is 961 g/mol. The minimum Gasteiger partial charge on any atom is -0.391 e. The Morgan fingerprint density at radius 1 is 0.513 bits per heavy atom. The molecule has 2 heterocycles. The Kier molecular flexibility index (Phi) is 17.9. The first kappa shape index (κ1) is 55.1. The molecule has 4 fully saturated rings. The van der Waals surface area contributed by atoms with Gasteiger partial charge in [0.15, 0.2) is 0 Å². The van der Waals surface area contributed by atoms with E-state index in [1.807, 2.05) is 12.1 Å². The lowest BCUT2D eigenvalue weighted by Crippen LogP contribution is -2.58. The second kappa shape index (κ2) is 24.8. The van der Waals surface area contributed by atoms with Crippen molar-refractivity contribution in [2.75, 3.05) is 27.2 Å². The number of likely N-dealkylation sites (N-methyl/N-ethyl adjacent to an activating group) is 2. The number of fused-ring (bicyclic) bond motifs is 2. The number of carbonyl (C=O) groups is 6. The number of nitrogens with zero attached hydrogens (tertiary/aromatic N) is 2. The Bertz CT molecular complexity index is 2410. The quantitative estimate of drug-likeness (QED) is 0.0928. The Hall–Kier alpha value is -5.68. The molecule has 10 atom stereocenters. The van der Waals surface area contributed by atoms with Crippen LogP contribution in [0.5, 0.6) is 0 Å². The summed E-state index contributed by atoms with van der Waals surface area (Å²) >= 11 is 0. The van der Waals surface area contributed by atoms with Gasteiger partial charge in [-0.1, -0.05) is 99.2 Å². The molecule has 8 N–H and O–H groups in total. The van der Waals surface area contributed by atoms with Crippen LogP contribution in [0.4, 0.5) is 0 Å².